The highest BCUT2D eigenvalue weighted by Gasteiger charge is 2.48. The Balaban J connectivity index is 2.21. The summed E-state index contributed by atoms with van der Waals surface area (Å²) in [4.78, 5) is 23.5. The molecule has 20 heavy (non-hydrogen) atoms. The summed E-state index contributed by atoms with van der Waals surface area (Å²) in [5.74, 6) is -0.514. The van der Waals surface area contributed by atoms with Gasteiger partial charge in [0.25, 0.3) is 0 Å². The molecule has 1 aliphatic heterocycles. The Morgan fingerprint density at radius 3 is 2.60 bits per heavy atom. The summed E-state index contributed by atoms with van der Waals surface area (Å²) in [5.41, 5.74) is 0.210. The van der Waals surface area contributed by atoms with Gasteiger partial charge in [-0.25, -0.2) is 0 Å². The van der Waals surface area contributed by atoms with Gasteiger partial charge in [0.1, 0.15) is 11.8 Å². The van der Waals surface area contributed by atoms with Crippen molar-refractivity contribution in [1.82, 2.24) is 5.32 Å². The summed E-state index contributed by atoms with van der Waals surface area (Å²) in [6.07, 6.45) is 1.23. The summed E-state index contributed by atoms with van der Waals surface area (Å²) in [7, 11) is 0. The predicted molar refractivity (Wildman–Crippen MR) is 76.1 cm³/mol. The van der Waals surface area contributed by atoms with Crippen LogP contribution in [-0.2, 0) is 14.3 Å². The maximum atomic E-state index is 12.2. The number of carbonyl (C=O) groups is 2. The highest BCUT2D eigenvalue weighted by Crippen LogP contribution is 2.37. The van der Waals surface area contributed by atoms with Crippen molar-refractivity contribution < 1.29 is 14.3 Å². The zero-order valence-electron chi connectivity index (χ0n) is 12.1. The average molecular weight is 275 g/mol. The Morgan fingerprint density at radius 2 is 2.05 bits per heavy atom. The first-order valence-electron chi connectivity index (χ1n) is 6.95. The van der Waals surface area contributed by atoms with E-state index in [1.807, 2.05) is 44.2 Å². The third-order valence-electron chi connectivity index (χ3n) is 3.67. The van der Waals surface area contributed by atoms with Crippen LogP contribution in [0.15, 0.2) is 30.3 Å². The van der Waals surface area contributed by atoms with Gasteiger partial charge in [-0.2, -0.15) is 0 Å². The second-order valence-electron chi connectivity index (χ2n) is 5.82. The van der Waals surface area contributed by atoms with Crippen molar-refractivity contribution in [2.75, 3.05) is 0 Å². The van der Waals surface area contributed by atoms with E-state index in [9.17, 15) is 9.59 Å². The van der Waals surface area contributed by atoms with Gasteiger partial charge in [-0.15, -0.1) is 0 Å². The molecule has 1 aliphatic rings. The third-order valence-corrected chi connectivity index (χ3v) is 3.67. The van der Waals surface area contributed by atoms with Crippen LogP contribution >= 0.6 is 0 Å². The van der Waals surface area contributed by atoms with Gasteiger partial charge in [-0.1, -0.05) is 30.3 Å². The molecule has 1 N–H and O–H groups in total. The van der Waals surface area contributed by atoms with Gasteiger partial charge < -0.3 is 9.53 Å². The lowest BCUT2D eigenvalue weighted by atomic mass is 9.91. The molecule has 0 aliphatic carbocycles. The molecule has 0 aromatic heterocycles. The minimum atomic E-state index is -0.809. The quantitative estimate of drug-likeness (QED) is 0.676. The minimum absolute atomic E-state index is 0.140. The van der Waals surface area contributed by atoms with E-state index in [1.54, 1.807) is 6.92 Å². The number of aldehydes is 1. The number of esters is 1. The van der Waals surface area contributed by atoms with Crippen LogP contribution in [-0.4, -0.2) is 23.9 Å². The summed E-state index contributed by atoms with van der Waals surface area (Å²) in [6, 6.07) is 9.59. The molecular formula is C16H21NO3. The Kier molecular flexibility index (Phi) is 4.23. The fourth-order valence-electron chi connectivity index (χ4n) is 2.70. The average Bonchev–Trinajstić information content (AvgIpc) is 2.78. The number of rotatable bonds is 4. The van der Waals surface area contributed by atoms with E-state index in [0.717, 1.165) is 11.8 Å². The van der Waals surface area contributed by atoms with E-state index < -0.39 is 5.54 Å². The van der Waals surface area contributed by atoms with Gasteiger partial charge in [-0.3, -0.25) is 10.1 Å². The predicted octanol–water partition coefficient (Wildman–Crippen LogP) is 2.25. The maximum Gasteiger partial charge on any atom is 0.326 e. The van der Waals surface area contributed by atoms with Crippen LogP contribution in [0, 0.1) is 5.92 Å². The van der Waals surface area contributed by atoms with Gasteiger partial charge in [0.05, 0.1) is 6.10 Å². The fraction of sp³-hybridized carbons (Fsp3) is 0.500. The molecule has 3 atom stereocenters. The van der Waals surface area contributed by atoms with Gasteiger partial charge in [-0.05, 0) is 32.8 Å². The first kappa shape index (κ1) is 14.7. The largest absolute Gasteiger partial charge is 0.462 e. The molecule has 0 unspecified atom stereocenters. The molecule has 1 fully saturated rings. The Labute approximate surface area is 119 Å². The van der Waals surface area contributed by atoms with E-state index in [4.69, 9.17) is 4.74 Å². The van der Waals surface area contributed by atoms with Crippen LogP contribution in [0.1, 0.15) is 38.8 Å². The summed E-state index contributed by atoms with van der Waals surface area (Å²) in [5, 5.41) is 3.28. The van der Waals surface area contributed by atoms with Crippen molar-refractivity contribution in [2.24, 2.45) is 5.92 Å². The molecular weight excluding hydrogens is 254 g/mol. The van der Waals surface area contributed by atoms with Crippen LogP contribution < -0.4 is 5.32 Å². The van der Waals surface area contributed by atoms with Crippen molar-refractivity contribution >= 4 is 12.3 Å². The van der Waals surface area contributed by atoms with Crippen LogP contribution in [0.4, 0.5) is 0 Å². The Bertz CT molecular complexity index is 486. The molecule has 0 spiro atoms. The fourth-order valence-corrected chi connectivity index (χ4v) is 2.70. The third kappa shape index (κ3) is 2.90. The van der Waals surface area contributed by atoms with E-state index in [1.165, 1.54) is 0 Å². The first-order valence-corrected chi connectivity index (χ1v) is 6.95. The molecule has 1 heterocycles. The van der Waals surface area contributed by atoms with Gasteiger partial charge >= 0.3 is 5.97 Å². The van der Waals surface area contributed by atoms with Crippen molar-refractivity contribution in [1.29, 1.82) is 0 Å². The van der Waals surface area contributed by atoms with Crippen LogP contribution in [0.5, 0.6) is 0 Å². The standard InChI is InChI=1S/C16H21NO3/c1-11(2)20-15(19)16(3)9-13(10-18)14(17-16)12-7-5-4-6-8-12/h4-8,10-11,13-14,17H,9H2,1-3H3/t13-,14-,16-/m1/s1. The van der Waals surface area contributed by atoms with Crippen molar-refractivity contribution in [2.45, 2.75) is 44.9 Å². The minimum Gasteiger partial charge on any atom is -0.462 e. The van der Waals surface area contributed by atoms with Gasteiger partial charge in [0.15, 0.2) is 0 Å². The Morgan fingerprint density at radius 1 is 1.40 bits per heavy atom. The number of nitrogens with one attached hydrogen (secondary N) is 1. The summed E-state index contributed by atoms with van der Waals surface area (Å²) >= 11 is 0. The van der Waals surface area contributed by atoms with E-state index in [0.29, 0.717) is 6.42 Å². The Hall–Kier alpha value is -1.68. The molecule has 4 heteroatoms. The van der Waals surface area contributed by atoms with E-state index in [2.05, 4.69) is 5.32 Å². The molecule has 2 rings (SSSR count). The lowest BCUT2D eigenvalue weighted by Crippen LogP contribution is -2.47. The van der Waals surface area contributed by atoms with Crippen molar-refractivity contribution in [3.05, 3.63) is 35.9 Å². The normalized spacial score (nSPS) is 29.4. The molecule has 0 bridgehead atoms. The highest BCUT2D eigenvalue weighted by atomic mass is 16.5. The molecule has 0 amide bonds. The number of benzene rings is 1. The zero-order chi connectivity index (χ0) is 14.8. The topological polar surface area (TPSA) is 55.4 Å². The SMILES string of the molecule is CC(C)OC(=O)[C@@]1(C)C[C@H](C=O)[C@@H](c2ccccc2)N1. The highest BCUT2D eigenvalue weighted by molar-refractivity contribution is 5.82. The first-order chi connectivity index (χ1) is 9.46. The van der Waals surface area contributed by atoms with Crippen molar-refractivity contribution in [3.8, 4) is 0 Å². The van der Waals surface area contributed by atoms with Crippen molar-refractivity contribution in [3.63, 3.8) is 0 Å². The zero-order valence-corrected chi connectivity index (χ0v) is 12.1. The van der Waals surface area contributed by atoms with Crippen LogP contribution in [0.2, 0.25) is 0 Å². The number of ether oxygens (including phenoxy) is 1. The van der Waals surface area contributed by atoms with E-state index in [-0.39, 0.29) is 24.0 Å². The maximum absolute atomic E-state index is 12.2. The number of carbonyl (C=O) groups excluding carboxylic acids is 2. The second kappa shape index (κ2) is 5.75. The molecule has 108 valence electrons. The second-order valence-corrected chi connectivity index (χ2v) is 5.82. The lowest BCUT2D eigenvalue weighted by Gasteiger charge is -2.25. The monoisotopic (exact) mass is 275 g/mol. The molecule has 1 saturated heterocycles. The van der Waals surface area contributed by atoms with Crippen LogP contribution in [0.3, 0.4) is 0 Å². The smallest absolute Gasteiger partial charge is 0.326 e. The molecule has 1 aromatic rings. The molecule has 1 aromatic carbocycles. The molecule has 4 nitrogen and oxygen atoms in total. The van der Waals surface area contributed by atoms with Crippen LogP contribution in [0.25, 0.3) is 0 Å². The number of hydrogen-bond acceptors (Lipinski definition) is 4. The number of hydrogen-bond donors (Lipinski definition) is 1. The van der Waals surface area contributed by atoms with E-state index >= 15 is 0 Å². The lowest BCUT2D eigenvalue weighted by molar-refractivity contribution is -0.154. The van der Waals surface area contributed by atoms with Gasteiger partial charge in [0.2, 0.25) is 0 Å². The summed E-state index contributed by atoms with van der Waals surface area (Å²) in [6.45, 7) is 5.45. The van der Waals surface area contributed by atoms with Gasteiger partial charge in [0, 0.05) is 12.0 Å². The molecule has 0 radical (unpaired) electrons. The molecule has 0 saturated carbocycles. The summed E-state index contributed by atoms with van der Waals surface area (Å²) < 4.78 is 5.30.